The number of nitrogens with two attached hydrogens (primary N) is 1. The molecule has 3 N–H and O–H groups in total. The Hall–Kier alpha value is -1.32. The van der Waals surface area contributed by atoms with Gasteiger partial charge >= 0.3 is 0 Å². The van der Waals surface area contributed by atoms with E-state index in [4.69, 9.17) is 5.73 Å². The second kappa shape index (κ2) is 5.55. The molecule has 0 aliphatic heterocycles. The molecule has 2 unspecified atom stereocenters. The molecule has 2 aromatic rings. The molecule has 0 spiro atoms. The largest absolute Gasteiger partial charge is 0.361 e. The summed E-state index contributed by atoms with van der Waals surface area (Å²) in [5.74, 6) is 0. The maximum Gasteiger partial charge on any atom is 0.0457 e. The van der Waals surface area contributed by atoms with Gasteiger partial charge in [0.1, 0.15) is 0 Å². The molecule has 3 heteroatoms. The second-order valence-electron chi connectivity index (χ2n) is 5.32. The minimum absolute atomic E-state index is 0.262. The molecule has 0 saturated carbocycles. The van der Waals surface area contributed by atoms with Crippen molar-refractivity contribution in [1.29, 1.82) is 0 Å². The van der Waals surface area contributed by atoms with Crippen molar-refractivity contribution in [2.24, 2.45) is 5.73 Å². The van der Waals surface area contributed by atoms with E-state index in [0.717, 1.165) is 12.8 Å². The van der Waals surface area contributed by atoms with Crippen LogP contribution >= 0.6 is 0 Å². The van der Waals surface area contributed by atoms with Gasteiger partial charge in [-0.05, 0) is 45.5 Å². The number of fused-ring (bicyclic) bond motifs is 1. The van der Waals surface area contributed by atoms with Crippen molar-refractivity contribution in [3.8, 4) is 0 Å². The predicted octanol–water partition coefficient (Wildman–Crippen LogP) is 2.90. The van der Waals surface area contributed by atoms with Crippen LogP contribution in [0.5, 0.6) is 0 Å². The van der Waals surface area contributed by atoms with Crippen molar-refractivity contribution in [1.82, 2.24) is 9.88 Å². The molecule has 3 nitrogen and oxygen atoms in total. The number of H-pyrrole nitrogens is 1. The van der Waals surface area contributed by atoms with Gasteiger partial charge in [0.2, 0.25) is 0 Å². The number of hydrogen-bond acceptors (Lipinski definition) is 2. The molecule has 18 heavy (non-hydrogen) atoms. The maximum absolute atomic E-state index is 5.88. The van der Waals surface area contributed by atoms with E-state index >= 15 is 0 Å². The molecule has 2 rings (SSSR count). The van der Waals surface area contributed by atoms with Gasteiger partial charge < -0.3 is 15.6 Å². The lowest BCUT2D eigenvalue weighted by Gasteiger charge is -2.25. The standard InChI is InChI=1S/C15H23N3/c1-11(16)8-9-15(18(2)3)13-10-17-14-7-5-4-6-12(13)14/h4-7,10-11,15,17H,8-9,16H2,1-3H3. The number of benzene rings is 1. The molecular weight excluding hydrogens is 222 g/mol. The zero-order valence-electron chi connectivity index (χ0n) is 11.5. The Balaban J connectivity index is 2.30. The third-order valence-electron chi connectivity index (χ3n) is 3.50. The number of rotatable bonds is 5. The minimum Gasteiger partial charge on any atom is -0.361 e. The molecule has 1 aromatic carbocycles. The van der Waals surface area contributed by atoms with Crippen molar-refractivity contribution < 1.29 is 0 Å². The first-order chi connectivity index (χ1) is 8.59. The summed E-state index contributed by atoms with van der Waals surface area (Å²) in [6, 6.07) is 9.15. The van der Waals surface area contributed by atoms with E-state index in [1.807, 2.05) is 0 Å². The Morgan fingerprint density at radius 1 is 1.22 bits per heavy atom. The van der Waals surface area contributed by atoms with E-state index in [9.17, 15) is 0 Å². The summed E-state index contributed by atoms with van der Waals surface area (Å²) in [4.78, 5) is 5.63. The van der Waals surface area contributed by atoms with E-state index in [-0.39, 0.29) is 6.04 Å². The Morgan fingerprint density at radius 2 is 1.94 bits per heavy atom. The highest BCUT2D eigenvalue weighted by molar-refractivity contribution is 5.83. The van der Waals surface area contributed by atoms with Crippen molar-refractivity contribution in [2.45, 2.75) is 31.8 Å². The van der Waals surface area contributed by atoms with Crippen LogP contribution in [-0.4, -0.2) is 30.0 Å². The van der Waals surface area contributed by atoms with Crippen LogP contribution in [0.4, 0.5) is 0 Å². The molecule has 0 amide bonds. The topological polar surface area (TPSA) is 45.1 Å². The predicted molar refractivity (Wildman–Crippen MR) is 77.6 cm³/mol. The lowest BCUT2D eigenvalue weighted by molar-refractivity contribution is 0.276. The first-order valence-corrected chi connectivity index (χ1v) is 6.57. The smallest absolute Gasteiger partial charge is 0.0457 e. The fourth-order valence-electron chi connectivity index (χ4n) is 2.48. The van der Waals surface area contributed by atoms with Crippen molar-refractivity contribution >= 4 is 10.9 Å². The number of hydrogen-bond donors (Lipinski definition) is 2. The highest BCUT2D eigenvalue weighted by atomic mass is 15.1. The first kappa shape index (κ1) is 13.1. The van der Waals surface area contributed by atoms with Crippen LogP contribution in [0.15, 0.2) is 30.5 Å². The molecule has 0 aliphatic carbocycles. The van der Waals surface area contributed by atoms with E-state index in [0.29, 0.717) is 6.04 Å². The van der Waals surface area contributed by atoms with Crippen molar-refractivity contribution in [3.63, 3.8) is 0 Å². The zero-order chi connectivity index (χ0) is 13.1. The molecule has 98 valence electrons. The van der Waals surface area contributed by atoms with E-state index in [2.05, 4.69) is 61.4 Å². The van der Waals surface area contributed by atoms with Crippen LogP contribution < -0.4 is 5.73 Å². The van der Waals surface area contributed by atoms with Gasteiger partial charge in [-0.15, -0.1) is 0 Å². The summed E-state index contributed by atoms with van der Waals surface area (Å²) in [6.07, 6.45) is 4.27. The Bertz CT molecular complexity index is 499. The average molecular weight is 245 g/mol. The summed E-state index contributed by atoms with van der Waals surface area (Å²) in [5, 5.41) is 1.32. The summed E-state index contributed by atoms with van der Waals surface area (Å²) < 4.78 is 0. The summed E-state index contributed by atoms with van der Waals surface area (Å²) in [7, 11) is 4.27. The van der Waals surface area contributed by atoms with E-state index in [1.54, 1.807) is 0 Å². The van der Waals surface area contributed by atoms with Crippen LogP contribution in [0, 0.1) is 0 Å². The third kappa shape index (κ3) is 2.74. The van der Waals surface area contributed by atoms with Crippen LogP contribution in [0.2, 0.25) is 0 Å². The van der Waals surface area contributed by atoms with Gasteiger partial charge in [-0.25, -0.2) is 0 Å². The van der Waals surface area contributed by atoms with Gasteiger partial charge in [-0.3, -0.25) is 0 Å². The molecule has 0 radical (unpaired) electrons. The third-order valence-corrected chi connectivity index (χ3v) is 3.50. The molecule has 1 heterocycles. The molecule has 1 aromatic heterocycles. The fraction of sp³-hybridized carbons (Fsp3) is 0.467. The van der Waals surface area contributed by atoms with Gasteiger partial charge in [-0.2, -0.15) is 0 Å². The van der Waals surface area contributed by atoms with Crippen LogP contribution in [0.1, 0.15) is 31.4 Å². The summed E-state index contributed by atoms with van der Waals surface area (Å²) >= 11 is 0. The van der Waals surface area contributed by atoms with Crippen molar-refractivity contribution in [2.75, 3.05) is 14.1 Å². The average Bonchev–Trinajstić information content (AvgIpc) is 2.73. The zero-order valence-corrected chi connectivity index (χ0v) is 11.5. The highest BCUT2D eigenvalue weighted by Crippen LogP contribution is 2.30. The normalized spacial score (nSPS) is 15.2. The van der Waals surface area contributed by atoms with Gasteiger partial charge in [0.05, 0.1) is 0 Å². The monoisotopic (exact) mass is 245 g/mol. The fourth-order valence-corrected chi connectivity index (χ4v) is 2.48. The minimum atomic E-state index is 0.262. The van der Waals surface area contributed by atoms with Crippen LogP contribution in [0.25, 0.3) is 10.9 Å². The molecule has 0 aliphatic rings. The van der Waals surface area contributed by atoms with Gasteiger partial charge in [0, 0.05) is 29.2 Å². The summed E-state index contributed by atoms with van der Waals surface area (Å²) in [5.41, 5.74) is 8.46. The van der Waals surface area contributed by atoms with Gasteiger partial charge in [-0.1, -0.05) is 18.2 Å². The van der Waals surface area contributed by atoms with Crippen LogP contribution in [0.3, 0.4) is 0 Å². The Morgan fingerprint density at radius 3 is 2.61 bits per heavy atom. The molecule has 0 saturated heterocycles. The number of para-hydroxylation sites is 1. The summed E-state index contributed by atoms with van der Waals surface area (Å²) in [6.45, 7) is 2.07. The SMILES string of the molecule is CC(N)CCC(c1c[nH]c2ccccc12)N(C)C. The quantitative estimate of drug-likeness (QED) is 0.850. The molecular formula is C15H23N3. The Labute approximate surface area is 109 Å². The molecule has 0 bridgehead atoms. The second-order valence-corrected chi connectivity index (χ2v) is 5.32. The van der Waals surface area contributed by atoms with Crippen LogP contribution in [-0.2, 0) is 0 Å². The lowest BCUT2D eigenvalue weighted by atomic mass is 9.98. The highest BCUT2D eigenvalue weighted by Gasteiger charge is 2.18. The van der Waals surface area contributed by atoms with Crippen molar-refractivity contribution in [3.05, 3.63) is 36.0 Å². The number of aromatic nitrogens is 1. The van der Waals surface area contributed by atoms with Gasteiger partial charge in [0.25, 0.3) is 0 Å². The lowest BCUT2D eigenvalue weighted by Crippen LogP contribution is -2.23. The molecule has 0 fully saturated rings. The Kier molecular flexibility index (Phi) is 4.04. The molecule has 2 atom stereocenters. The number of aromatic amines is 1. The maximum atomic E-state index is 5.88. The number of nitrogens with zero attached hydrogens (tertiary/aromatic N) is 1. The first-order valence-electron chi connectivity index (χ1n) is 6.57. The number of nitrogens with one attached hydrogen (secondary N) is 1. The van der Waals surface area contributed by atoms with E-state index in [1.165, 1.54) is 16.5 Å². The van der Waals surface area contributed by atoms with Gasteiger partial charge in [0.15, 0.2) is 0 Å². The van der Waals surface area contributed by atoms with E-state index < -0.39 is 0 Å².